The van der Waals surface area contributed by atoms with Crippen LogP contribution in [0, 0.1) is 5.95 Å². The van der Waals surface area contributed by atoms with E-state index < -0.39 is 5.95 Å². The molecule has 0 atom stereocenters. The quantitative estimate of drug-likeness (QED) is 0.591. The number of hydrogen-bond acceptors (Lipinski definition) is 5. The van der Waals surface area contributed by atoms with E-state index in [1.54, 1.807) is 29.3 Å². The molecule has 2 amide bonds. The molecule has 1 aliphatic rings. The van der Waals surface area contributed by atoms with Gasteiger partial charge in [0.2, 0.25) is 11.9 Å². The van der Waals surface area contributed by atoms with Crippen LogP contribution in [0.3, 0.4) is 0 Å². The van der Waals surface area contributed by atoms with Crippen molar-refractivity contribution in [1.29, 1.82) is 0 Å². The van der Waals surface area contributed by atoms with Crippen molar-refractivity contribution in [2.45, 2.75) is 32.2 Å². The molecule has 0 aliphatic carbocycles. The molecule has 0 saturated carbocycles. The van der Waals surface area contributed by atoms with Gasteiger partial charge >= 0.3 is 6.03 Å². The molecular weight excluding hydrogens is 399 g/mol. The number of hydrogen-bond donors (Lipinski definition) is 2. The molecule has 10 heteroatoms. The van der Waals surface area contributed by atoms with Crippen molar-refractivity contribution in [3.05, 3.63) is 54.0 Å². The van der Waals surface area contributed by atoms with Crippen molar-refractivity contribution in [3.63, 3.8) is 0 Å². The van der Waals surface area contributed by atoms with Crippen LogP contribution in [0.4, 0.5) is 15.1 Å². The molecule has 0 aromatic carbocycles. The Balaban J connectivity index is 1.34. The first-order valence-electron chi connectivity index (χ1n) is 10.5. The Morgan fingerprint density at radius 2 is 2.10 bits per heavy atom. The number of piperidine rings is 1. The number of urea groups is 1. The highest BCUT2D eigenvalue weighted by atomic mass is 19.1. The molecule has 4 rings (SSSR count). The fourth-order valence-electron chi connectivity index (χ4n) is 3.92. The number of carbonyl (C=O) groups is 1. The number of carbonyl (C=O) groups excluding carboxylic acids is 1. The van der Waals surface area contributed by atoms with Crippen molar-refractivity contribution in [2.24, 2.45) is 7.05 Å². The minimum atomic E-state index is -0.417. The Hall–Kier alpha value is -3.27. The molecule has 4 heterocycles. The van der Waals surface area contributed by atoms with Gasteiger partial charge in [-0.1, -0.05) is 6.07 Å². The molecule has 1 fully saturated rings. The van der Waals surface area contributed by atoms with Gasteiger partial charge in [0.05, 0.1) is 11.9 Å². The number of amides is 2. The Morgan fingerprint density at radius 3 is 2.77 bits per heavy atom. The number of nitrogens with zero attached hydrogens (tertiary/aromatic N) is 6. The lowest BCUT2D eigenvalue weighted by molar-refractivity contribution is 0.199. The normalized spacial score (nSPS) is 15.2. The van der Waals surface area contributed by atoms with Crippen LogP contribution in [0.5, 0.6) is 0 Å². The van der Waals surface area contributed by atoms with Gasteiger partial charge < -0.3 is 9.88 Å². The van der Waals surface area contributed by atoms with Crippen LogP contribution in [0.1, 0.15) is 36.9 Å². The second kappa shape index (κ2) is 9.25. The molecule has 3 aromatic rings. The average molecular weight is 427 g/mol. The molecule has 3 aromatic heterocycles. The first-order valence-corrected chi connectivity index (χ1v) is 10.5. The monoisotopic (exact) mass is 426 g/mol. The van der Waals surface area contributed by atoms with Crippen LogP contribution in [0.2, 0.25) is 0 Å². The number of anilines is 1. The number of pyridine rings is 1. The summed E-state index contributed by atoms with van der Waals surface area (Å²) in [6.07, 6.45) is 6.90. The van der Waals surface area contributed by atoms with Gasteiger partial charge in [-0.3, -0.25) is 10.2 Å². The van der Waals surface area contributed by atoms with Gasteiger partial charge in [0, 0.05) is 38.1 Å². The van der Waals surface area contributed by atoms with Gasteiger partial charge in [0.1, 0.15) is 0 Å². The van der Waals surface area contributed by atoms with Crippen LogP contribution in [-0.4, -0.2) is 54.9 Å². The number of nitrogens with one attached hydrogen (secondary N) is 2. The minimum absolute atomic E-state index is 0.150. The summed E-state index contributed by atoms with van der Waals surface area (Å²) >= 11 is 0. The lowest BCUT2D eigenvalue weighted by Crippen LogP contribution is -2.33. The highest BCUT2D eigenvalue weighted by molar-refractivity contribution is 5.87. The third-order valence-electron chi connectivity index (χ3n) is 5.66. The van der Waals surface area contributed by atoms with Crippen molar-refractivity contribution < 1.29 is 9.18 Å². The van der Waals surface area contributed by atoms with Crippen LogP contribution in [0.25, 0.3) is 5.82 Å². The van der Waals surface area contributed by atoms with Gasteiger partial charge in [0.15, 0.2) is 5.82 Å². The zero-order valence-corrected chi connectivity index (χ0v) is 17.8. The number of aromatic nitrogens is 5. The van der Waals surface area contributed by atoms with Gasteiger partial charge in [-0.05, 0) is 50.9 Å². The van der Waals surface area contributed by atoms with E-state index in [0.717, 1.165) is 38.2 Å². The number of rotatable bonds is 6. The Kier molecular flexibility index (Phi) is 6.26. The van der Waals surface area contributed by atoms with Crippen LogP contribution in [0.15, 0.2) is 36.8 Å². The van der Waals surface area contributed by atoms with Crippen molar-refractivity contribution in [2.75, 3.05) is 25.0 Å². The average Bonchev–Trinajstić information content (AvgIpc) is 3.41. The molecule has 0 spiro atoms. The standard InChI is InChI=1S/C21H27FN8O/c1-3-23-21(31)27-20-24-13-16(28(20)2)14-29-11-7-15(8-12-29)17-5-6-18(26-19(17)22)30-10-4-9-25-30/h4-6,9-10,13,15H,3,7-8,11-12,14H2,1-2H3,(H2,23,24,27,31). The summed E-state index contributed by atoms with van der Waals surface area (Å²) < 4.78 is 18.1. The number of imidazole rings is 1. The van der Waals surface area contributed by atoms with Crippen molar-refractivity contribution in [1.82, 2.24) is 34.5 Å². The van der Waals surface area contributed by atoms with Crippen molar-refractivity contribution >= 4 is 12.0 Å². The summed E-state index contributed by atoms with van der Waals surface area (Å²) in [7, 11) is 1.89. The minimum Gasteiger partial charge on any atom is -0.338 e. The van der Waals surface area contributed by atoms with E-state index in [-0.39, 0.29) is 11.9 Å². The molecule has 1 aliphatic heterocycles. The maximum atomic E-state index is 14.7. The molecule has 0 unspecified atom stereocenters. The maximum absolute atomic E-state index is 14.7. The summed E-state index contributed by atoms with van der Waals surface area (Å²) in [4.78, 5) is 22.5. The topological polar surface area (TPSA) is 92.9 Å². The molecule has 2 N–H and O–H groups in total. The zero-order valence-electron chi connectivity index (χ0n) is 17.8. The Bertz CT molecular complexity index is 1020. The van der Waals surface area contributed by atoms with E-state index in [2.05, 4.69) is 30.6 Å². The van der Waals surface area contributed by atoms with Gasteiger partial charge in [-0.25, -0.2) is 14.5 Å². The summed E-state index contributed by atoms with van der Waals surface area (Å²) in [5.41, 5.74) is 1.69. The SMILES string of the molecule is CCNC(=O)Nc1ncc(CN2CCC(c3ccc(-n4cccn4)nc3F)CC2)n1C. The van der Waals surface area contributed by atoms with E-state index in [1.165, 1.54) is 0 Å². The van der Waals surface area contributed by atoms with E-state index in [1.807, 2.05) is 30.7 Å². The zero-order chi connectivity index (χ0) is 21.8. The highest BCUT2D eigenvalue weighted by Crippen LogP contribution is 2.30. The van der Waals surface area contributed by atoms with E-state index in [9.17, 15) is 9.18 Å². The maximum Gasteiger partial charge on any atom is 0.321 e. The lowest BCUT2D eigenvalue weighted by atomic mass is 9.90. The Labute approximate surface area is 180 Å². The van der Waals surface area contributed by atoms with Crippen LogP contribution >= 0.6 is 0 Å². The van der Waals surface area contributed by atoms with Gasteiger partial charge in [-0.15, -0.1) is 0 Å². The summed E-state index contributed by atoms with van der Waals surface area (Å²) in [5, 5.41) is 9.54. The molecule has 0 bridgehead atoms. The third-order valence-corrected chi connectivity index (χ3v) is 5.66. The highest BCUT2D eigenvalue weighted by Gasteiger charge is 2.24. The van der Waals surface area contributed by atoms with Crippen LogP contribution < -0.4 is 10.6 Å². The molecule has 31 heavy (non-hydrogen) atoms. The van der Waals surface area contributed by atoms with E-state index >= 15 is 0 Å². The largest absolute Gasteiger partial charge is 0.338 e. The first-order chi connectivity index (χ1) is 15.0. The third kappa shape index (κ3) is 4.74. The van der Waals surface area contributed by atoms with Gasteiger partial charge in [0.25, 0.3) is 0 Å². The number of halogens is 1. The summed E-state index contributed by atoms with van der Waals surface area (Å²) in [5.74, 6) is 0.731. The fourth-order valence-corrected chi connectivity index (χ4v) is 3.92. The summed E-state index contributed by atoms with van der Waals surface area (Å²) in [6, 6.07) is 5.17. The molecule has 164 valence electrons. The number of likely N-dealkylation sites (tertiary alicyclic amines) is 1. The molecule has 1 saturated heterocycles. The van der Waals surface area contributed by atoms with Gasteiger partial charge in [-0.2, -0.15) is 14.5 Å². The predicted octanol–water partition coefficient (Wildman–Crippen LogP) is 2.66. The fraction of sp³-hybridized carbons (Fsp3) is 0.429. The summed E-state index contributed by atoms with van der Waals surface area (Å²) in [6.45, 7) is 4.86. The van der Waals surface area contributed by atoms with E-state index in [0.29, 0.717) is 23.9 Å². The lowest BCUT2D eigenvalue weighted by Gasteiger charge is -2.32. The molecule has 9 nitrogen and oxygen atoms in total. The Morgan fingerprint density at radius 1 is 1.29 bits per heavy atom. The first kappa shape index (κ1) is 21.0. The van der Waals surface area contributed by atoms with Crippen LogP contribution in [-0.2, 0) is 13.6 Å². The smallest absolute Gasteiger partial charge is 0.321 e. The molecule has 0 radical (unpaired) electrons. The second-order valence-corrected chi connectivity index (χ2v) is 7.67. The predicted molar refractivity (Wildman–Crippen MR) is 114 cm³/mol. The van der Waals surface area contributed by atoms with E-state index in [4.69, 9.17) is 0 Å². The van der Waals surface area contributed by atoms with Crippen molar-refractivity contribution in [3.8, 4) is 5.82 Å². The second-order valence-electron chi connectivity index (χ2n) is 7.67. The molecular formula is C21H27FN8O.